The molecule has 2 aliphatic carbocycles. The van der Waals surface area contributed by atoms with Crippen LogP contribution in [0.5, 0.6) is 5.88 Å². The van der Waals surface area contributed by atoms with Crippen molar-refractivity contribution in [1.29, 1.82) is 0 Å². The average Bonchev–Trinajstić information content (AvgIpc) is 3.30. The lowest BCUT2D eigenvalue weighted by Gasteiger charge is -2.27. The summed E-state index contributed by atoms with van der Waals surface area (Å²) in [6, 6.07) is 5.03. The van der Waals surface area contributed by atoms with E-state index in [0.29, 0.717) is 5.92 Å². The first kappa shape index (κ1) is 15.9. The van der Waals surface area contributed by atoms with Gasteiger partial charge in [0.05, 0.1) is 13.2 Å². The van der Waals surface area contributed by atoms with Crippen LogP contribution in [0.1, 0.15) is 41.1 Å². The van der Waals surface area contributed by atoms with Crippen LogP contribution in [0.25, 0.3) is 0 Å². The van der Waals surface area contributed by atoms with E-state index in [-0.39, 0.29) is 29.1 Å². The van der Waals surface area contributed by atoms with Crippen molar-refractivity contribution >= 4 is 5.91 Å². The standard InChI is InChI=1S/C18H21N3O4/c1-24-16-9-15(25-20-16)18(23)19-13-5-6-14-12(8-13)4-7-17(22)21(14)10-11-2-3-11/h4,7,9,11,13H,2-3,5-6,8,10H2,1H3,(H,19,23)/t13-/m0/s1. The summed E-state index contributed by atoms with van der Waals surface area (Å²) >= 11 is 0. The Morgan fingerprint density at radius 1 is 1.40 bits per heavy atom. The van der Waals surface area contributed by atoms with Gasteiger partial charge in [-0.05, 0) is 48.7 Å². The largest absolute Gasteiger partial charge is 0.479 e. The molecule has 2 aromatic rings. The number of aromatic nitrogens is 2. The van der Waals surface area contributed by atoms with E-state index in [9.17, 15) is 9.59 Å². The Balaban J connectivity index is 1.47. The predicted octanol–water partition coefficient (Wildman–Crippen LogP) is 1.54. The topological polar surface area (TPSA) is 86.4 Å². The van der Waals surface area contributed by atoms with Crippen LogP contribution in [0.4, 0.5) is 0 Å². The summed E-state index contributed by atoms with van der Waals surface area (Å²) in [5, 5.41) is 6.63. The molecule has 25 heavy (non-hydrogen) atoms. The van der Waals surface area contributed by atoms with Crippen molar-refractivity contribution in [2.24, 2.45) is 5.92 Å². The number of hydrogen-bond acceptors (Lipinski definition) is 5. The molecule has 2 aliphatic rings. The van der Waals surface area contributed by atoms with E-state index in [4.69, 9.17) is 9.26 Å². The van der Waals surface area contributed by atoms with Gasteiger partial charge in [0, 0.05) is 24.3 Å². The summed E-state index contributed by atoms with van der Waals surface area (Å²) in [5.41, 5.74) is 2.36. The molecule has 4 rings (SSSR count). The number of ether oxygens (including phenoxy) is 1. The lowest BCUT2D eigenvalue weighted by molar-refractivity contribution is 0.0895. The van der Waals surface area contributed by atoms with E-state index in [1.165, 1.54) is 26.0 Å². The summed E-state index contributed by atoms with van der Waals surface area (Å²) in [7, 11) is 1.47. The first-order chi connectivity index (χ1) is 12.1. The summed E-state index contributed by atoms with van der Waals surface area (Å²) in [6.45, 7) is 0.830. The Morgan fingerprint density at radius 2 is 2.24 bits per heavy atom. The van der Waals surface area contributed by atoms with Gasteiger partial charge < -0.3 is 19.1 Å². The third-order valence-electron chi connectivity index (χ3n) is 4.98. The molecule has 1 saturated carbocycles. The highest BCUT2D eigenvalue weighted by atomic mass is 16.5. The lowest BCUT2D eigenvalue weighted by atomic mass is 9.91. The van der Waals surface area contributed by atoms with Crippen LogP contribution in [0.3, 0.4) is 0 Å². The highest BCUT2D eigenvalue weighted by Crippen LogP contribution is 2.31. The van der Waals surface area contributed by atoms with E-state index in [0.717, 1.165) is 37.1 Å². The average molecular weight is 343 g/mol. The molecular formula is C18H21N3O4. The van der Waals surface area contributed by atoms with Gasteiger partial charge in [0.1, 0.15) is 0 Å². The minimum Gasteiger partial charge on any atom is -0.479 e. The molecule has 0 bridgehead atoms. The van der Waals surface area contributed by atoms with Crippen molar-refractivity contribution in [1.82, 2.24) is 15.0 Å². The van der Waals surface area contributed by atoms with Gasteiger partial charge in [-0.25, -0.2) is 0 Å². The molecule has 2 aromatic heterocycles. The molecule has 0 spiro atoms. The number of pyridine rings is 1. The molecule has 0 radical (unpaired) electrons. The van der Waals surface area contributed by atoms with E-state index >= 15 is 0 Å². The molecule has 0 aliphatic heterocycles. The summed E-state index contributed by atoms with van der Waals surface area (Å²) in [4.78, 5) is 24.5. The minimum atomic E-state index is -0.296. The van der Waals surface area contributed by atoms with Crippen molar-refractivity contribution < 1.29 is 14.1 Å². The third-order valence-corrected chi connectivity index (χ3v) is 4.98. The van der Waals surface area contributed by atoms with Crippen molar-refractivity contribution in [3.63, 3.8) is 0 Å². The number of carbonyl (C=O) groups excluding carboxylic acids is 1. The maximum absolute atomic E-state index is 12.3. The first-order valence-corrected chi connectivity index (χ1v) is 8.67. The fourth-order valence-electron chi connectivity index (χ4n) is 3.42. The molecule has 1 amide bonds. The molecule has 132 valence electrons. The Labute approximate surface area is 145 Å². The van der Waals surface area contributed by atoms with Gasteiger partial charge in [0.2, 0.25) is 5.76 Å². The molecule has 1 fully saturated rings. The summed E-state index contributed by atoms with van der Waals surface area (Å²) in [5.74, 6) is 0.781. The molecule has 7 nitrogen and oxygen atoms in total. The van der Waals surface area contributed by atoms with Crippen LogP contribution in [-0.2, 0) is 19.4 Å². The number of nitrogens with one attached hydrogen (secondary N) is 1. The summed E-state index contributed by atoms with van der Waals surface area (Å²) < 4.78 is 11.8. The van der Waals surface area contributed by atoms with E-state index in [2.05, 4.69) is 10.5 Å². The van der Waals surface area contributed by atoms with Gasteiger partial charge in [-0.3, -0.25) is 9.59 Å². The zero-order valence-electron chi connectivity index (χ0n) is 14.2. The second-order valence-corrected chi connectivity index (χ2v) is 6.84. The zero-order valence-corrected chi connectivity index (χ0v) is 14.2. The number of rotatable bonds is 5. The van der Waals surface area contributed by atoms with E-state index < -0.39 is 0 Å². The van der Waals surface area contributed by atoms with Crippen molar-refractivity contribution in [2.45, 2.75) is 44.7 Å². The predicted molar refractivity (Wildman–Crippen MR) is 89.8 cm³/mol. The SMILES string of the molecule is COc1cc(C(=O)N[C@H]2CCc3c(ccc(=O)n3CC3CC3)C2)on1. The van der Waals surface area contributed by atoms with Gasteiger partial charge in [-0.2, -0.15) is 0 Å². The Bertz CT molecular complexity index is 850. The van der Waals surface area contributed by atoms with E-state index in [1.807, 2.05) is 10.6 Å². The summed E-state index contributed by atoms with van der Waals surface area (Å²) in [6.07, 6.45) is 4.75. The van der Waals surface area contributed by atoms with Crippen LogP contribution < -0.4 is 15.6 Å². The van der Waals surface area contributed by atoms with Crippen LogP contribution in [0, 0.1) is 5.92 Å². The second-order valence-electron chi connectivity index (χ2n) is 6.84. The molecule has 0 unspecified atom stereocenters. The molecule has 1 N–H and O–H groups in total. The van der Waals surface area contributed by atoms with E-state index in [1.54, 1.807) is 6.07 Å². The maximum atomic E-state index is 12.3. The number of carbonyl (C=O) groups is 1. The number of nitrogens with zero attached hydrogens (tertiary/aromatic N) is 2. The van der Waals surface area contributed by atoms with Crippen molar-refractivity contribution in [3.8, 4) is 5.88 Å². The minimum absolute atomic E-state index is 0.0166. The molecule has 7 heteroatoms. The Hall–Kier alpha value is -2.57. The van der Waals surface area contributed by atoms with Crippen LogP contribution >= 0.6 is 0 Å². The number of fused-ring (bicyclic) bond motifs is 1. The van der Waals surface area contributed by atoms with Crippen LogP contribution in [0.2, 0.25) is 0 Å². The fraction of sp³-hybridized carbons (Fsp3) is 0.500. The van der Waals surface area contributed by atoms with Crippen molar-refractivity contribution in [3.05, 3.63) is 45.6 Å². The molecule has 0 aromatic carbocycles. The molecular weight excluding hydrogens is 322 g/mol. The maximum Gasteiger partial charge on any atom is 0.290 e. The third kappa shape index (κ3) is 3.31. The van der Waals surface area contributed by atoms with Crippen molar-refractivity contribution in [2.75, 3.05) is 7.11 Å². The Kier molecular flexibility index (Phi) is 4.07. The van der Waals surface area contributed by atoms with Gasteiger partial charge in [-0.15, -0.1) is 0 Å². The fourth-order valence-corrected chi connectivity index (χ4v) is 3.42. The van der Waals surface area contributed by atoms with Gasteiger partial charge in [-0.1, -0.05) is 6.07 Å². The number of methoxy groups -OCH3 is 1. The van der Waals surface area contributed by atoms with Crippen LogP contribution in [-0.4, -0.2) is 28.8 Å². The number of amides is 1. The monoisotopic (exact) mass is 343 g/mol. The molecule has 2 heterocycles. The Morgan fingerprint density at radius 3 is 2.96 bits per heavy atom. The van der Waals surface area contributed by atoms with Crippen LogP contribution in [0.15, 0.2) is 27.5 Å². The highest BCUT2D eigenvalue weighted by molar-refractivity contribution is 5.91. The second kappa shape index (κ2) is 6.38. The molecule has 1 atom stereocenters. The van der Waals surface area contributed by atoms with Gasteiger partial charge in [0.25, 0.3) is 17.3 Å². The zero-order chi connectivity index (χ0) is 17.4. The smallest absolute Gasteiger partial charge is 0.290 e. The lowest BCUT2D eigenvalue weighted by Crippen LogP contribution is -2.40. The quantitative estimate of drug-likeness (QED) is 0.890. The van der Waals surface area contributed by atoms with Gasteiger partial charge in [0.15, 0.2) is 0 Å². The molecule has 0 saturated heterocycles. The van der Waals surface area contributed by atoms with Gasteiger partial charge >= 0.3 is 0 Å². The normalized spacial score (nSPS) is 19.3. The highest BCUT2D eigenvalue weighted by Gasteiger charge is 2.27. The first-order valence-electron chi connectivity index (χ1n) is 8.67. The number of hydrogen-bond donors (Lipinski definition) is 1.